The lowest BCUT2D eigenvalue weighted by molar-refractivity contribution is -0.117. The van der Waals surface area contributed by atoms with Crippen LogP contribution < -0.4 is 0 Å². The van der Waals surface area contributed by atoms with Gasteiger partial charge < -0.3 is 0 Å². The average Bonchev–Trinajstić information content (AvgIpc) is 2.33. The molecule has 2 nitrogen and oxygen atoms in total. The topological polar surface area (TPSA) is 40.9 Å². The van der Waals surface area contributed by atoms with Gasteiger partial charge in [0, 0.05) is 11.8 Å². The van der Waals surface area contributed by atoms with Crippen LogP contribution in [0.25, 0.3) is 0 Å². The van der Waals surface area contributed by atoms with Gasteiger partial charge in [0.2, 0.25) is 0 Å². The molecule has 0 unspecified atom stereocenters. The van der Waals surface area contributed by atoms with Crippen molar-refractivity contribution in [3.63, 3.8) is 0 Å². The molecule has 3 atom stereocenters. The predicted molar refractivity (Wildman–Crippen MR) is 71.7 cm³/mol. The molecule has 2 aliphatic carbocycles. The quantitative estimate of drug-likeness (QED) is 0.657. The highest BCUT2D eigenvalue weighted by atomic mass is 16.1. The van der Waals surface area contributed by atoms with Gasteiger partial charge in [-0.2, -0.15) is 5.26 Å². The fraction of sp³-hybridized carbons (Fsp3) is 0.625. The average molecular weight is 243 g/mol. The molecule has 0 spiro atoms. The van der Waals surface area contributed by atoms with Crippen LogP contribution in [-0.2, 0) is 4.79 Å². The van der Waals surface area contributed by atoms with E-state index in [0.29, 0.717) is 12.3 Å². The molecule has 2 heteroatoms. The number of carbonyl (C=O) groups excluding carboxylic acids is 1. The third-order valence-corrected chi connectivity index (χ3v) is 5.02. The summed E-state index contributed by atoms with van der Waals surface area (Å²) >= 11 is 0. The van der Waals surface area contributed by atoms with Crippen molar-refractivity contribution in [2.45, 2.75) is 46.5 Å². The molecule has 2 rings (SSSR count). The molecular formula is C16H21NO. The molecule has 1 saturated carbocycles. The van der Waals surface area contributed by atoms with Crippen molar-refractivity contribution in [1.29, 1.82) is 5.26 Å². The summed E-state index contributed by atoms with van der Waals surface area (Å²) in [6, 6.07) is 2.48. The molecule has 0 amide bonds. The van der Waals surface area contributed by atoms with Gasteiger partial charge in [0.25, 0.3) is 0 Å². The van der Waals surface area contributed by atoms with Crippen LogP contribution in [0.1, 0.15) is 46.5 Å². The number of rotatable bonds is 1. The number of hydrogen-bond donors (Lipinski definition) is 0. The lowest BCUT2D eigenvalue weighted by atomic mass is 9.56. The first-order valence-corrected chi connectivity index (χ1v) is 6.68. The Hall–Kier alpha value is -1.36. The molecule has 96 valence electrons. The van der Waals surface area contributed by atoms with Crippen LogP contribution in [0.4, 0.5) is 0 Å². The Balaban J connectivity index is 2.49. The van der Waals surface area contributed by atoms with E-state index in [0.717, 1.165) is 30.4 Å². The van der Waals surface area contributed by atoms with E-state index in [1.165, 1.54) is 5.57 Å². The Labute approximate surface area is 109 Å². The molecule has 0 aromatic rings. The Morgan fingerprint density at radius 1 is 1.56 bits per heavy atom. The number of allylic oxidation sites excluding steroid dienone is 3. The minimum atomic E-state index is -0.0846. The summed E-state index contributed by atoms with van der Waals surface area (Å²) in [5.41, 5.74) is 3.19. The van der Waals surface area contributed by atoms with Crippen molar-refractivity contribution in [3.05, 3.63) is 23.3 Å². The van der Waals surface area contributed by atoms with E-state index in [9.17, 15) is 10.1 Å². The van der Waals surface area contributed by atoms with Crippen molar-refractivity contribution >= 4 is 5.78 Å². The molecule has 18 heavy (non-hydrogen) atoms. The van der Waals surface area contributed by atoms with Gasteiger partial charge in [0.05, 0.1) is 12.0 Å². The highest BCUT2D eigenvalue weighted by Gasteiger charge is 2.47. The van der Waals surface area contributed by atoms with Gasteiger partial charge in [-0.1, -0.05) is 24.6 Å². The molecule has 0 aromatic carbocycles. The van der Waals surface area contributed by atoms with Gasteiger partial charge in [-0.3, -0.25) is 4.79 Å². The summed E-state index contributed by atoms with van der Waals surface area (Å²) in [6.07, 6.45) is 3.25. The molecule has 1 fully saturated rings. The normalized spacial score (nSPS) is 36.0. The van der Waals surface area contributed by atoms with E-state index in [-0.39, 0.29) is 17.1 Å². The van der Waals surface area contributed by atoms with E-state index in [1.807, 2.05) is 13.8 Å². The lowest BCUT2D eigenvalue weighted by Crippen LogP contribution is -2.40. The van der Waals surface area contributed by atoms with Crippen LogP contribution in [0.2, 0.25) is 0 Å². The summed E-state index contributed by atoms with van der Waals surface area (Å²) in [6.45, 7) is 10.2. The molecule has 0 radical (unpaired) electrons. The Kier molecular flexibility index (Phi) is 3.19. The molecule has 0 aliphatic heterocycles. The summed E-state index contributed by atoms with van der Waals surface area (Å²) in [4.78, 5) is 11.9. The third-order valence-electron chi connectivity index (χ3n) is 5.02. The standard InChI is InChI=1S/C16H21NO/c1-10(2)12-7-13(9-17)16(4)6-5-15(18)11(3)14(16)8-12/h12-13H,1,5-8H2,2-4H3/t12-,13-,16-/m0/s1. The summed E-state index contributed by atoms with van der Waals surface area (Å²) < 4.78 is 0. The van der Waals surface area contributed by atoms with Crippen LogP contribution in [0.3, 0.4) is 0 Å². The van der Waals surface area contributed by atoms with Crippen LogP contribution in [0.5, 0.6) is 0 Å². The summed E-state index contributed by atoms with van der Waals surface area (Å²) in [5.74, 6) is 0.645. The second-order valence-electron chi connectivity index (χ2n) is 6.11. The smallest absolute Gasteiger partial charge is 0.158 e. The van der Waals surface area contributed by atoms with Crippen molar-refractivity contribution in [3.8, 4) is 6.07 Å². The Bertz CT molecular complexity index is 480. The molecule has 0 saturated heterocycles. The Morgan fingerprint density at radius 3 is 2.78 bits per heavy atom. The molecular weight excluding hydrogens is 222 g/mol. The van der Waals surface area contributed by atoms with Gasteiger partial charge in [0.15, 0.2) is 5.78 Å². The lowest BCUT2D eigenvalue weighted by Gasteiger charge is -2.46. The van der Waals surface area contributed by atoms with E-state index in [2.05, 4.69) is 19.6 Å². The maximum Gasteiger partial charge on any atom is 0.158 e. The maximum atomic E-state index is 11.9. The number of nitriles is 1. The zero-order valence-corrected chi connectivity index (χ0v) is 11.5. The monoisotopic (exact) mass is 243 g/mol. The fourth-order valence-electron chi connectivity index (χ4n) is 3.52. The number of ketones is 1. The van der Waals surface area contributed by atoms with Crippen LogP contribution in [-0.4, -0.2) is 5.78 Å². The fourth-order valence-corrected chi connectivity index (χ4v) is 3.52. The minimum absolute atomic E-state index is 0.0194. The van der Waals surface area contributed by atoms with Crippen LogP contribution in [0.15, 0.2) is 23.3 Å². The van der Waals surface area contributed by atoms with E-state index >= 15 is 0 Å². The number of nitrogens with zero attached hydrogens (tertiary/aromatic N) is 1. The van der Waals surface area contributed by atoms with Crippen molar-refractivity contribution < 1.29 is 4.79 Å². The van der Waals surface area contributed by atoms with Gasteiger partial charge >= 0.3 is 0 Å². The molecule has 0 aromatic heterocycles. The third kappa shape index (κ3) is 1.82. The van der Waals surface area contributed by atoms with Gasteiger partial charge in [-0.25, -0.2) is 0 Å². The molecule has 0 heterocycles. The number of Topliss-reactive ketones (excluding diaryl/α,β-unsaturated/α-hetero) is 1. The summed E-state index contributed by atoms with van der Waals surface area (Å²) in [5, 5.41) is 9.46. The Morgan fingerprint density at radius 2 is 2.22 bits per heavy atom. The SMILES string of the molecule is C=C(C)[C@@H]1CC2=C(C)C(=O)CC[C@@]2(C)[C@H](C#N)C1. The number of hydrogen-bond acceptors (Lipinski definition) is 2. The second kappa shape index (κ2) is 4.39. The van der Waals surface area contributed by atoms with Crippen molar-refractivity contribution in [1.82, 2.24) is 0 Å². The first-order valence-electron chi connectivity index (χ1n) is 6.68. The zero-order chi connectivity index (χ0) is 13.5. The first kappa shape index (κ1) is 13.1. The number of fused-ring (bicyclic) bond motifs is 1. The number of carbonyl (C=O) groups is 1. The first-order chi connectivity index (χ1) is 8.40. The highest BCUT2D eigenvalue weighted by Crippen LogP contribution is 2.54. The molecule has 0 N–H and O–H groups in total. The largest absolute Gasteiger partial charge is 0.295 e. The summed E-state index contributed by atoms with van der Waals surface area (Å²) in [7, 11) is 0. The molecule has 0 bridgehead atoms. The van der Waals surface area contributed by atoms with Gasteiger partial charge in [-0.05, 0) is 44.6 Å². The minimum Gasteiger partial charge on any atom is -0.295 e. The van der Waals surface area contributed by atoms with E-state index in [1.54, 1.807) is 0 Å². The van der Waals surface area contributed by atoms with E-state index < -0.39 is 0 Å². The van der Waals surface area contributed by atoms with Crippen molar-refractivity contribution in [2.24, 2.45) is 17.3 Å². The van der Waals surface area contributed by atoms with Gasteiger partial charge in [-0.15, -0.1) is 0 Å². The predicted octanol–water partition coefficient (Wildman–Crippen LogP) is 3.80. The zero-order valence-electron chi connectivity index (χ0n) is 11.5. The highest BCUT2D eigenvalue weighted by molar-refractivity contribution is 5.96. The van der Waals surface area contributed by atoms with Crippen LogP contribution >= 0.6 is 0 Å². The van der Waals surface area contributed by atoms with E-state index in [4.69, 9.17) is 0 Å². The second-order valence-corrected chi connectivity index (χ2v) is 6.11. The van der Waals surface area contributed by atoms with Gasteiger partial charge in [0.1, 0.15) is 0 Å². The van der Waals surface area contributed by atoms with Crippen molar-refractivity contribution in [2.75, 3.05) is 0 Å². The van der Waals surface area contributed by atoms with Crippen LogP contribution in [0, 0.1) is 28.6 Å². The molecule has 2 aliphatic rings. The maximum absolute atomic E-state index is 11.9.